The van der Waals surface area contributed by atoms with Crippen LogP contribution in [0.4, 0.5) is 0 Å². The van der Waals surface area contributed by atoms with Crippen LogP contribution in [-0.2, 0) is 6.42 Å². The van der Waals surface area contributed by atoms with E-state index in [0.29, 0.717) is 5.56 Å². The van der Waals surface area contributed by atoms with Crippen molar-refractivity contribution in [1.29, 1.82) is 0 Å². The second-order valence-corrected chi connectivity index (χ2v) is 3.49. The Hall–Kier alpha value is -2.03. The first-order valence-electron chi connectivity index (χ1n) is 5.13. The zero-order valence-electron chi connectivity index (χ0n) is 8.93. The number of carboxylic acids is 1. The van der Waals surface area contributed by atoms with Crippen LogP contribution in [0.3, 0.4) is 0 Å². The lowest BCUT2D eigenvalue weighted by Crippen LogP contribution is -1.97. The lowest BCUT2D eigenvalue weighted by molar-refractivity contribution is 0.0663. The van der Waals surface area contributed by atoms with E-state index in [1.165, 1.54) is 6.26 Å². The first-order valence-corrected chi connectivity index (χ1v) is 5.13. The summed E-state index contributed by atoms with van der Waals surface area (Å²) in [5.41, 5.74) is 2.49. The van der Waals surface area contributed by atoms with E-state index in [0.717, 1.165) is 17.5 Å². The Morgan fingerprint density at radius 3 is 2.56 bits per heavy atom. The summed E-state index contributed by atoms with van der Waals surface area (Å²) in [4.78, 5) is 11.0. The number of benzene rings is 1. The molecule has 1 aromatic carbocycles. The number of carboxylic acid groups (broad SMARTS) is 1. The van der Waals surface area contributed by atoms with Gasteiger partial charge < -0.3 is 9.52 Å². The molecule has 0 fully saturated rings. The minimum absolute atomic E-state index is 0.0167. The van der Waals surface area contributed by atoms with Crippen molar-refractivity contribution in [2.75, 3.05) is 0 Å². The maximum absolute atomic E-state index is 11.0. The summed E-state index contributed by atoms with van der Waals surface area (Å²) in [6.45, 7) is 1.98. The Morgan fingerprint density at radius 2 is 2.00 bits per heavy atom. The lowest BCUT2D eigenvalue weighted by Gasteiger charge is -2.02. The van der Waals surface area contributed by atoms with Crippen LogP contribution in [0.25, 0.3) is 11.1 Å². The Labute approximate surface area is 93.3 Å². The van der Waals surface area contributed by atoms with Crippen LogP contribution in [0, 0.1) is 0 Å². The summed E-state index contributed by atoms with van der Waals surface area (Å²) in [7, 11) is 0. The Balaban J connectivity index is 2.62. The van der Waals surface area contributed by atoms with Crippen molar-refractivity contribution in [1.82, 2.24) is 0 Å². The molecule has 16 heavy (non-hydrogen) atoms. The van der Waals surface area contributed by atoms with E-state index in [1.807, 2.05) is 37.3 Å². The van der Waals surface area contributed by atoms with Gasteiger partial charge >= 0.3 is 5.97 Å². The molecule has 3 heteroatoms. The number of aromatic carboxylic acids is 1. The van der Waals surface area contributed by atoms with Gasteiger partial charge in [-0.2, -0.15) is 0 Å². The topological polar surface area (TPSA) is 50.4 Å². The van der Waals surface area contributed by atoms with Crippen molar-refractivity contribution in [2.45, 2.75) is 13.3 Å². The first kappa shape index (κ1) is 10.5. The van der Waals surface area contributed by atoms with Gasteiger partial charge in [0.1, 0.15) is 0 Å². The van der Waals surface area contributed by atoms with Crippen LogP contribution < -0.4 is 0 Å². The summed E-state index contributed by atoms with van der Waals surface area (Å²) in [6, 6.07) is 9.43. The van der Waals surface area contributed by atoms with Gasteiger partial charge in [0.15, 0.2) is 0 Å². The molecule has 1 heterocycles. The normalized spacial score (nSPS) is 10.3. The maximum Gasteiger partial charge on any atom is 0.372 e. The Kier molecular flexibility index (Phi) is 2.77. The zero-order chi connectivity index (χ0) is 11.5. The van der Waals surface area contributed by atoms with Crippen molar-refractivity contribution >= 4 is 5.97 Å². The number of rotatable bonds is 3. The third-order valence-electron chi connectivity index (χ3n) is 2.50. The highest BCUT2D eigenvalue weighted by Crippen LogP contribution is 2.29. The maximum atomic E-state index is 11.0. The molecule has 2 aromatic rings. The van der Waals surface area contributed by atoms with Gasteiger partial charge in [-0.1, -0.05) is 37.3 Å². The molecule has 0 saturated carbocycles. The van der Waals surface area contributed by atoms with Gasteiger partial charge in [-0.3, -0.25) is 0 Å². The van der Waals surface area contributed by atoms with Crippen molar-refractivity contribution in [2.24, 2.45) is 0 Å². The number of furan rings is 1. The second-order valence-electron chi connectivity index (χ2n) is 3.49. The number of aryl methyl sites for hydroxylation is 1. The van der Waals surface area contributed by atoms with Gasteiger partial charge in [0.25, 0.3) is 0 Å². The van der Waals surface area contributed by atoms with Gasteiger partial charge in [-0.05, 0) is 17.5 Å². The van der Waals surface area contributed by atoms with Crippen molar-refractivity contribution in [3.8, 4) is 11.1 Å². The molecule has 3 nitrogen and oxygen atoms in total. The fourth-order valence-corrected chi connectivity index (χ4v) is 1.73. The van der Waals surface area contributed by atoms with Crippen molar-refractivity contribution < 1.29 is 14.3 Å². The first-order chi connectivity index (χ1) is 7.74. The van der Waals surface area contributed by atoms with E-state index in [4.69, 9.17) is 9.52 Å². The molecular formula is C13H12O3. The van der Waals surface area contributed by atoms with Gasteiger partial charge in [-0.25, -0.2) is 4.79 Å². The zero-order valence-corrected chi connectivity index (χ0v) is 8.93. The molecule has 1 N–H and O–H groups in total. The predicted octanol–water partition coefficient (Wildman–Crippen LogP) is 3.21. The number of carbonyl (C=O) groups is 1. The Morgan fingerprint density at radius 1 is 1.31 bits per heavy atom. The van der Waals surface area contributed by atoms with Crippen LogP contribution in [0.15, 0.2) is 41.0 Å². The highest BCUT2D eigenvalue weighted by Gasteiger charge is 2.19. The highest BCUT2D eigenvalue weighted by molar-refractivity contribution is 5.94. The van der Waals surface area contributed by atoms with E-state index in [1.54, 1.807) is 0 Å². The van der Waals surface area contributed by atoms with Gasteiger partial charge in [0, 0.05) is 5.56 Å². The average Bonchev–Trinajstić information content (AvgIpc) is 2.73. The molecule has 0 bridgehead atoms. The minimum atomic E-state index is -1.03. The van der Waals surface area contributed by atoms with Crippen LogP contribution >= 0.6 is 0 Å². The summed E-state index contributed by atoms with van der Waals surface area (Å²) in [5.74, 6) is -1.01. The SMILES string of the molecule is CCc1coc(C(=O)O)c1-c1ccccc1. The highest BCUT2D eigenvalue weighted by atomic mass is 16.4. The molecule has 0 aliphatic heterocycles. The average molecular weight is 216 g/mol. The molecule has 82 valence electrons. The van der Waals surface area contributed by atoms with E-state index in [2.05, 4.69) is 0 Å². The molecule has 0 saturated heterocycles. The van der Waals surface area contributed by atoms with E-state index >= 15 is 0 Å². The molecule has 0 amide bonds. The summed E-state index contributed by atoms with van der Waals surface area (Å²) in [5, 5.41) is 9.04. The quantitative estimate of drug-likeness (QED) is 0.857. The van der Waals surface area contributed by atoms with Crippen LogP contribution in [0.1, 0.15) is 23.0 Å². The molecule has 0 aliphatic carbocycles. The van der Waals surface area contributed by atoms with E-state index in [9.17, 15) is 4.79 Å². The summed E-state index contributed by atoms with van der Waals surface area (Å²) in [6.07, 6.45) is 2.27. The Bertz CT molecular complexity index is 497. The third kappa shape index (κ3) is 1.72. The molecule has 0 unspecified atom stereocenters. The van der Waals surface area contributed by atoms with Gasteiger partial charge in [-0.15, -0.1) is 0 Å². The van der Waals surface area contributed by atoms with Crippen LogP contribution in [-0.4, -0.2) is 11.1 Å². The molecule has 1 aromatic heterocycles. The van der Waals surface area contributed by atoms with Gasteiger partial charge in [0.2, 0.25) is 5.76 Å². The monoisotopic (exact) mass is 216 g/mol. The molecule has 0 radical (unpaired) electrons. The van der Waals surface area contributed by atoms with Gasteiger partial charge in [0.05, 0.1) is 6.26 Å². The van der Waals surface area contributed by atoms with Crippen LogP contribution in [0.2, 0.25) is 0 Å². The molecule has 0 aliphatic rings. The fraction of sp³-hybridized carbons (Fsp3) is 0.154. The van der Waals surface area contributed by atoms with Crippen LogP contribution in [0.5, 0.6) is 0 Å². The predicted molar refractivity (Wildman–Crippen MR) is 60.5 cm³/mol. The largest absolute Gasteiger partial charge is 0.475 e. The fourth-order valence-electron chi connectivity index (χ4n) is 1.73. The second kappa shape index (κ2) is 4.23. The molecule has 2 rings (SSSR count). The van der Waals surface area contributed by atoms with E-state index < -0.39 is 5.97 Å². The van der Waals surface area contributed by atoms with Crippen molar-refractivity contribution in [3.05, 3.63) is 47.9 Å². The minimum Gasteiger partial charge on any atom is -0.475 e. The number of hydrogen-bond acceptors (Lipinski definition) is 2. The molecule has 0 spiro atoms. The third-order valence-corrected chi connectivity index (χ3v) is 2.50. The molecule has 0 atom stereocenters. The number of hydrogen-bond donors (Lipinski definition) is 1. The van der Waals surface area contributed by atoms with Crippen molar-refractivity contribution in [3.63, 3.8) is 0 Å². The summed E-state index contributed by atoms with van der Waals surface area (Å²) < 4.78 is 5.10. The lowest BCUT2D eigenvalue weighted by atomic mass is 10.0. The molecular weight excluding hydrogens is 204 g/mol. The standard InChI is InChI=1S/C13H12O3/c1-2-9-8-16-12(13(14)15)11(9)10-6-4-3-5-7-10/h3-8H,2H2,1H3,(H,14,15). The van der Waals surface area contributed by atoms with E-state index in [-0.39, 0.29) is 5.76 Å². The summed E-state index contributed by atoms with van der Waals surface area (Å²) >= 11 is 0. The smallest absolute Gasteiger partial charge is 0.372 e.